The molecule has 1 aromatic rings. The molecule has 1 amide bonds. The van der Waals surface area contributed by atoms with Gasteiger partial charge in [-0.3, -0.25) is 9.59 Å². The first-order valence-electron chi connectivity index (χ1n) is 6.23. The van der Waals surface area contributed by atoms with Crippen molar-refractivity contribution < 1.29 is 14.7 Å². The van der Waals surface area contributed by atoms with Crippen LogP contribution < -0.4 is 5.32 Å². The first-order valence-corrected chi connectivity index (χ1v) is 7.62. The number of anilines is 1. The molecule has 0 bridgehead atoms. The van der Waals surface area contributed by atoms with E-state index in [-0.39, 0.29) is 11.8 Å². The number of carbonyl (C=O) groups is 2. The average molecular weight is 279 g/mol. The van der Waals surface area contributed by atoms with E-state index in [0.717, 1.165) is 11.4 Å². The molecule has 1 aromatic carbocycles. The molecule has 1 saturated carbocycles. The maximum Gasteiger partial charge on any atom is 0.307 e. The second kappa shape index (κ2) is 6.10. The molecule has 5 heteroatoms. The molecule has 0 saturated heterocycles. The minimum Gasteiger partial charge on any atom is -0.481 e. The summed E-state index contributed by atoms with van der Waals surface area (Å²) in [5.74, 6) is -1.02. The monoisotopic (exact) mass is 279 g/mol. The SMILES string of the molecule is CSCc1ccc(NC(=O)C2CCC2C(=O)O)cc1. The van der Waals surface area contributed by atoms with Crippen molar-refractivity contribution in [3.05, 3.63) is 29.8 Å². The topological polar surface area (TPSA) is 66.4 Å². The summed E-state index contributed by atoms with van der Waals surface area (Å²) < 4.78 is 0. The third-order valence-electron chi connectivity index (χ3n) is 3.46. The molecule has 102 valence electrons. The van der Waals surface area contributed by atoms with Gasteiger partial charge in [-0.15, -0.1) is 0 Å². The van der Waals surface area contributed by atoms with E-state index in [1.54, 1.807) is 11.8 Å². The molecule has 1 aliphatic rings. The predicted molar refractivity (Wildman–Crippen MR) is 76.1 cm³/mol. The molecule has 2 rings (SSSR count). The van der Waals surface area contributed by atoms with Crippen LogP contribution in [-0.2, 0) is 15.3 Å². The smallest absolute Gasteiger partial charge is 0.307 e. The van der Waals surface area contributed by atoms with E-state index in [4.69, 9.17) is 5.11 Å². The summed E-state index contributed by atoms with van der Waals surface area (Å²) in [5, 5.41) is 11.7. The summed E-state index contributed by atoms with van der Waals surface area (Å²) in [6.45, 7) is 0. The van der Waals surface area contributed by atoms with Gasteiger partial charge in [-0.2, -0.15) is 11.8 Å². The van der Waals surface area contributed by atoms with Crippen LogP contribution in [0.2, 0.25) is 0 Å². The maximum atomic E-state index is 11.9. The summed E-state index contributed by atoms with van der Waals surface area (Å²) in [6, 6.07) is 7.67. The Morgan fingerprint density at radius 3 is 2.37 bits per heavy atom. The molecule has 2 N–H and O–H groups in total. The molecule has 1 fully saturated rings. The fourth-order valence-corrected chi connectivity index (χ4v) is 2.72. The number of amides is 1. The van der Waals surface area contributed by atoms with Crippen LogP contribution >= 0.6 is 11.8 Å². The Morgan fingerprint density at radius 1 is 1.26 bits per heavy atom. The van der Waals surface area contributed by atoms with E-state index in [1.807, 2.05) is 30.5 Å². The molecule has 0 radical (unpaired) electrons. The Bertz CT molecular complexity index is 472. The van der Waals surface area contributed by atoms with Gasteiger partial charge in [-0.25, -0.2) is 0 Å². The quantitative estimate of drug-likeness (QED) is 0.869. The number of rotatable bonds is 5. The summed E-state index contributed by atoms with van der Waals surface area (Å²) in [7, 11) is 0. The minimum atomic E-state index is -0.873. The van der Waals surface area contributed by atoms with Gasteiger partial charge in [0.05, 0.1) is 11.8 Å². The zero-order valence-corrected chi connectivity index (χ0v) is 11.6. The number of carbonyl (C=O) groups excluding carboxylic acids is 1. The van der Waals surface area contributed by atoms with Gasteiger partial charge in [0.15, 0.2) is 0 Å². The molecule has 4 nitrogen and oxygen atoms in total. The Kier molecular flexibility index (Phi) is 4.47. The van der Waals surface area contributed by atoms with Gasteiger partial charge in [0.25, 0.3) is 0 Å². The summed E-state index contributed by atoms with van der Waals surface area (Å²) in [4.78, 5) is 22.8. The number of hydrogen-bond acceptors (Lipinski definition) is 3. The second-order valence-corrected chi connectivity index (χ2v) is 5.61. The third kappa shape index (κ3) is 3.29. The Labute approximate surface area is 116 Å². The molecule has 1 aliphatic carbocycles. The van der Waals surface area contributed by atoms with E-state index >= 15 is 0 Å². The van der Waals surface area contributed by atoms with Crippen molar-refractivity contribution in [2.75, 3.05) is 11.6 Å². The largest absolute Gasteiger partial charge is 0.481 e. The Morgan fingerprint density at radius 2 is 1.89 bits per heavy atom. The standard InChI is InChI=1S/C14H17NO3S/c1-19-8-9-2-4-10(5-3-9)15-13(16)11-6-7-12(11)14(17)18/h2-5,11-12H,6-8H2,1H3,(H,15,16)(H,17,18). The van der Waals surface area contributed by atoms with Crippen LogP contribution in [0.3, 0.4) is 0 Å². The van der Waals surface area contributed by atoms with Gasteiger partial charge >= 0.3 is 5.97 Å². The van der Waals surface area contributed by atoms with Gasteiger partial charge < -0.3 is 10.4 Å². The number of carboxylic acid groups (broad SMARTS) is 1. The maximum absolute atomic E-state index is 11.9. The van der Waals surface area contributed by atoms with Crippen molar-refractivity contribution in [1.82, 2.24) is 0 Å². The van der Waals surface area contributed by atoms with Crippen LogP contribution in [-0.4, -0.2) is 23.2 Å². The normalized spacial score (nSPS) is 21.5. The molecule has 0 heterocycles. The molecule has 0 aromatic heterocycles. The van der Waals surface area contributed by atoms with Gasteiger partial charge in [-0.05, 0) is 36.8 Å². The van der Waals surface area contributed by atoms with Crippen molar-refractivity contribution in [3.63, 3.8) is 0 Å². The number of benzene rings is 1. The number of thioether (sulfide) groups is 1. The number of hydrogen-bond donors (Lipinski definition) is 2. The van der Waals surface area contributed by atoms with Crippen molar-refractivity contribution in [3.8, 4) is 0 Å². The van der Waals surface area contributed by atoms with Gasteiger partial charge in [-0.1, -0.05) is 12.1 Å². The van der Waals surface area contributed by atoms with Crippen LogP contribution in [0.5, 0.6) is 0 Å². The lowest BCUT2D eigenvalue weighted by Gasteiger charge is -2.31. The second-order valence-electron chi connectivity index (χ2n) is 4.75. The van der Waals surface area contributed by atoms with Crippen LogP contribution in [0.25, 0.3) is 0 Å². The predicted octanol–water partition coefficient (Wildman–Crippen LogP) is 2.60. The van der Waals surface area contributed by atoms with Gasteiger partial charge in [0.1, 0.15) is 0 Å². The summed E-state index contributed by atoms with van der Waals surface area (Å²) >= 11 is 1.74. The fourth-order valence-electron chi connectivity index (χ4n) is 2.20. The summed E-state index contributed by atoms with van der Waals surface area (Å²) in [5.41, 5.74) is 1.93. The van der Waals surface area contributed by atoms with Crippen molar-refractivity contribution in [2.45, 2.75) is 18.6 Å². The lowest BCUT2D eigenvalue weighted by molar-refractivity contribution is -0.151. The van der Waals surface area contributed by atoms with E-state index < -0.39 is 11.9 Å². The van der Waals surface area contributed by atoms with E-state index in [2.05, 4.69) is 5.32 Å². The fraction of sp³-hybridized carbons (Fsp3) is 0.429. The van der Waals surface area contributed by atoms with Gasteiger partial charge in [0.2, 0.25) is 5.91 Å². The highest BCUT2D eigenvalue weighted by molar-refractivity contribution is 7.97. The zero-order chi connectivity index (χ0) is 13.8. The molecular formula is C14H17NO3S. The lowest BCUT2D eigenvalue weighted by atomic mass is 9.73. The number of carboxylic acids is 1. The molecule has 0 spiro atoms. The van der Waals surface area contributed by atoms with Crippen LogP contribution in [0.15, 0.2) is 24.3 Å². The molecule has 19 heavy (non-hydrogen) atoms. The Hall–Kier alpha value is -1.49. The first-order chi connectivity index (χ1) is 9.11. The molecular weight excluding hydrogens is 262 g/mol. The van der Waals surface area contributed by atoms with Crippen molar-refractivity contribution in [2.24, 2.45) is 11.8 Å². The highest BCUT2D eigenvalue weighted by Gasteiger charge is 2.41. The molecule has 0 aliphatic heterocycles. The van der Waals surface area contributed by atoms with E-state index in [9.17, 15) is 9.59 Å². The van der Waals surface area contributed by atoms with Gasteiger partial charge in [0, 0.05) is 11.4 Å². The number of nitrogens with one attached hydrogen (secondary N) is 1. The lowest BCUT2D eigenvalue weighted by Crippen LogP contribution is -2.41. The molecule has 2 atom stereocenters. The van der Waals surface area contributed by atoms with E-state index in [1.165, 1.54) is 5.56 Å². The van der Waals surface area contributed by atoms with Crippen LogP contribution in [0.1, 0.15) is 18.4 Å². The average Bonchev–Trinajstić information content (AvgIpc) is 2.29. The minimum absolute atomic E-state index is 0.184. The van der Waals surface area contributed by atoms with Crippen LogP contribution in [0, 0.1) is 11.8 Å². The highest BCUT2D eigenvalue weighted by Crippen LogP contribution is 2.35. The zero-order valence-electron chi connectivity index (χ0n) is 10.8. The summed E-state index contributed by atoms with van der Waals surface area (Å²) in [6.07, 6.45) is 3.30. The van der Waals surface area contributed by atoms with Crippen LogP contribution in [0.4, 0.5) is 5.69 Å². The number of aliphatic carboxylic acids is 1. The molecule has 2 unspecified atom stereocenters. The third-order valence-corrected chi connectivity index (χ3v) is 4.08. The van der Waals surface area contributed by atoms with Crippen molar-refractivity contribution >= 4 is 29.3 Å². The first kappa shape index (κ1) is 13.9. The Balaban J connectivity index is 1.93. The van der Waals surface area contributed by atoms with Crippen molar-refractivity contribution in [1.29, 1.82) is 0 Å². The van der Waals surface area contributed by atoms with E-state index in [0.29, 0.717) is 12.8 Å². The highest BCUT2D eigenvalue weighted by atomic mass is 32.2.